The summed E-state index contributed by atoms with van der Waals surface area (Å²) in [4.78, 5) is 0. The lowest BCUT2D eigenvalue weighted by Gasteiger charge is -2.10. The lowest BCUT2D eigenvalue weighted by molar-refractivity contribution is 0.466. The Hall–Kier alpha value is -2.32. The van der Waals surface area contributed by atoms with E-state index in [1.54, 1.807) is 12.1 Å². The molecule has 21 heavy (non-hydrogen) atoms. The molecule has 6 nitrogen and oxygen atoms in total. The van der Waals surface area contributed by atoms with Gasteiger partial charge >= 0.3 is 0 Å². The summed E-state index contributed by atoms with van der Waals surface area (Å²) in [6, 6.07) is 10.0. The van der Waals surface area contributed by atoms with E-state index in [0.717, 1.165) is 6.07 Å². The highest BCUT2D eigenvalue weighted by atomic mass is 32.2. The second-order valence-corrected chi connectivity index (χ2v) is 5.65. The number of nitrogens with one attached hydrogen (secondary N) is 2. The fourth-order valence-corrected chi connectivity index (χ4v) is 2.21. The number of anilines is 2. The Labute approximate surface area is 121 Å². The number of phenols is 1. The molecule has 0 atom stereocenters. The summed E-state index contributed by atoms with van der Waals surface area (Å²) in [6.45, 7) is 0.183. The van der Waals surface area contributed by atoms with E-state index in [4.69, 9.17) is 5.14 Å². The van der Waals surface area contributed by atoms with E-state index in [9.17, 15) is 17.9 Å². The van der Waals surface area contributed by atoms with E-state index < -0.39 is 16.0 Å². The first kappa shape index (κ1) is 15.1. The third-order valence-corrected chi connectivity index (χ3v) is 3.17. The standard InChI is InChI=1S/C13H14FN3O3S/c14-10-4-5-13(18)9(6-10)8-16-11-2-1-3-12(7-11)17-21(15,19)20/h1-7,16-18H,8H2,(H2,15,19,20). The monoisotopic (exact) mass is 311 g/mol. The van der Waals surface area contributed by atoms with Gasteiger partial charge in [-0.15, -0.1) is 0 Å². The number of nitrogens with two attached hydrogens (primary N) is 1. The summed E-state index contributed by atoms with van der Waals surface area (Å²) in [5, 5.41) is 17.4. The molecule has 0 aliphatic heterocycles. The summed E-state index contributed by atoms with van der Waals surface area (Å²) in [7, 11) is -3.84. The number of benzene rings is 2. The van der Waals surface area contributed by atoms with Crippen molar-refractivity contribution in [2.75, 3.05) is 10.0 Å². The largest absolute Gasteiger partial charge is 0.508 e. The van der Waals surface area contributed by atoms with Gasteiger partial charge in [0.15, 0.2) is 0 Å². The first-order chi connectivity index (χ1) is 9.83. The Morgan fingerprint density at radius 2 is 1.86 bits per heavy atom. The van der Waals surface area contributed by atoms with Crippen LogP contribution in [0.4, 0.5) is 15.8 Å². The SMILES string of the molecule is NS(=O)(=O)Nc1cccc(NCc2cc(F)ccc2O)c1. The lowest BCUT2D eigenvalue weighted by Crippen LogP contribution is -2.21. The Kier molecular flexibility index (Phi) is 4.29. The summed E-state index contributed by atoms with van der Waals surface area (Å²) in [6.07, 6.45) is 0. The molecule has 2 rings (SSSR count). The van der Waals surface area contributed by atoms with Crippen LogP contribution in [0.2, 0.25) is 0 Å². The molecule has 0 saturated heterocycles. The topological polar surface area (TPSA) is 104 Å². The van der Waals surface area contributed by atoms with Crippen molar-refractivity contribution in [1.29, 1.82) is 0 Å². The van der Waals surface area contributed by atoms with Crippen LogP contribution in [0.25, 0.3) is 0 Å². The van der Waals surface area contributed by atoms with Crippen LogP contribution in [-0.2, 0) is 16.8 Å². The van der Waals surface area contributed by atoms with Gasteiger partial charge in [-0.2, -0.15) is 8.42 Å². The summed E-state index contributed by atoms with van der Waals surface area (Å²) >= 11 is 0. The first-order valence-electron chi connectivity index (χ1n) is 5.95. The van der Waals surface area contributed by atoms with Gasteiger partial charge in [-0.3, -0.25) is 4.72 Å². The summed E-state index contributed by atoms with van der Waals surface area (Å²) in [5.41, 5.74) is 1.28. The Morgan fingerprint density at radius 3 is 2.57 bits per heavy atom. The minimum absolute atomic E-state index is 0.0253. The van der Waals surface area contributed by atoms with E-state index >= 15 is 0 Å². The fourth-order valence-electron chi connectivity index (χ4n) is 1.75. The molecular weight excluding hydrogens is 297 g/mol. The molecule has 0 saturated carbocycles. The zero-order valence-electron chi connectivity index (χ0n) is 10.9. The van der Waals surface area contributed by atoms with Crippen LogP contribution >= 0.6 is 0 Å². The number of phenolic OH excluding ortho intramolecular Hbond substituents is 1. The van der Waals surface area contributed by atoms with Crippen molar-refractivity contribution in [1.82, 2.24) is 0 Å². The van der Waals surface area contributed by atoms with Gasteiger partial charge in [-0.25, -0.2) is 9.53 Å². The van der Waals surface area contributed by atoms with Gasteiger partial charge < -0.3 is 10.4 Å². The van der Waals surface area contributed by atoms with Crippen molar-refractivity contribution in [3.63, 3.8) is 0 Å². The molecule has 0 aliphatic carbocycles. The van der Waals surface area contributed by atoms with Crippen LogP contribution < -0.4 is 15.2 Å². The van der Waals surface area contributed by atoms with E-state index in [2.05, 4.69) is 10.0 Å². The Morgan fingerprint density at radius 1 is 1.14 bits per heavy atom. The average Bonchev–Trinajstić information content (AvgIpc) is 2.38. The van der Waals surface area contributed by atoms with E-state index in [0.29, 0.717) is 16.9 Å². The predicted octanol–water partition coefficient (Wildman–Crippen LogP) is 1.76. The highest BCUT2D eigenvalue weighted by Gasteiger charge is 2.05. The van der Waals surface area contributed by atoms with E-state index in [1.165, 1.54) is 24.3 Å². The normalized spacial score (nSPS) is 11.1. The van der Waals surface area contributed by atoms with Crippen molar-refractivity contribution in [2.45, 2.75) is 6.54 Å². The van der Waals surface area contributed by atoms with Gasteiger partial charge in [0.25, 0.3) is 10.2 Å². The lowest BCUT2D eigenvalue weighted by atomic mass is 10.2. The molecule has 2 aromatic carbocycles. The number of rotatable bonds is 5. The van der Waals surface area contributed by atoms with Crippen LogP contribution in [0.1, 0.15) is 5.56 Å². The minimum atomic E-state index is -3.84. The van der Waals surface area contributed by atoms with Gasteiger partial charge in [0.05, 0.1) is 5.69 Å². The van der Waals surface area contributed by atoms with Crippen molar-refractivity contribution in [3.05, 3.63) is 53.8 Å². The molecule has 0 amide bonds. The van der Waals surface area contributed by atoms with Gasteiger partial charge in [0.1, 0.15) is 11.6 Å². The van der Waals surface area contributed by atoms with E-state index in [-0.39, 0.29) is 12.3 Å². The second-order valence-electron chi connectivity index (χ2n) is 4.35. The molecule has 2 aromatic rings. The number of hydrogen-bond donors (Lipinski definition) is 4. The van der Waals surface area contributed by atoms with E-state index in [1.807, 2.05) is 0 Å². The summed E-state index contributed by atoms with van der Waals surface area (Å²) < 4.78 is 37.1. The zero-order chi connectivity index (χ0) is 15.5. The number of aromatic hydroxyl groups is 1. The smallest absolute Gasteiger partial charge is 0.296 e. The highest BCUT2D eigenvalue weighted by molar-refractivity contribution is 7.90. The second kappa shape index (κ2) is 5.98. The molecule has 0 aromatic heterocycles. The summed E-state index contributed by atoms with van der Waals surface area (Å²) in [5.74, 6) is -0.475. The molecule has 0 radical (unpaired) electrons. The average molecular weight is 311 g/mol. The Bertz CT molecular complexity index is 750. The molecule has 0 bridgehead atoms. The Balaban J connectivity index is 2.10. The molecule has 112 valence electrons. The quantitative estimate of drug-likeness (QED) is 0.675. The third-order valence-electron chi connectivity index (χ3n) is 2.65. The van der Waals surface area contributed by atoms with Gasteiger partial charge in [0, 0.05) is 17.8 Å². The van der Waals surface area contributed by atoms with Gasteiger partial charge in [-0.1, -0.05) is 6.07 Å². The fraction of sp³-hybridized carbons (Fsp3) is 0.0769. The molecule has 0 heterocycles. The van der Waals surface area contributed by atoms with Crippen LogP contribution in [-0.4, -0.2) is 13.5 Å². The molecule has 8 heteroatoms. The van der Waals surface area contributed by atoms with Gasteiger partial charge in [-0.05, 0) is 36.4 Å². The van der Waals surface area contributed by atoms with Crippen LogP contribution in [0.5, 0.6) is 5.75 Å². The molecule has 0 unspecified atom stereocenters. The van der Waals surface area contributed by atoms with Crippen LogP contribution in [0.3, 0.4) is 0 Å². The molecule has 0 fully saturated rings. The molecular formula is C13H14FN3O3S. The van der Waals surface area contributed by atoms with Crippen molar-refractivity contribution in [3.8, 4) is 5.75 Å². The van der Waals surface area contributed by atoms with Crippen molar-refractivity contribution >= 4 is 21.6 Å². The van der Waals surface area contributed by atoms with Crippen molar-refractivity contribution in [2.24, 2.45) is 5.14 Å². The minimum Gasteiger partial charge on any atom is -0.508 e. The molecule has 5 N–H and O–H groups in total. The number of halogens is 1. The number of hydrogen-bond acceptors (Lipinski definition) is 4. The maximum absolute atomic E-state index is 13.1. The van der Waals surface area contributed by atoms with Gasteiger partial charge in [0.2, 0.25) is 0 Å². The maximum Gasteiger partial charge on any atom is 0.296 e. The van der Waals surface area contributed by atoms with Crippen LogP contribution in [0, 0.1) is 5.82 Å². The zero-order valence-corrected chi connectivity index (χ0v) is 11.7. The maximum atomic E-state index is 13.1. The predicted molar refractivity (Wildman–Crippen MR) is 78.6 cm³/mol. The molecule has 0 aliphatic rings. The van der Waals surface area contributed by atoms with Crippen LogP contribution in [0.15, 0.2) is 42.5 Å². The third kappa shape index (κ3) is 4.62. The highest BCUT2D eigenvalue weighted by Crippen LogP contribution is 2.21. The molecule has 0 spiro atoms. The van der Waals surface area contributed by atoms with Crippen molar-refractivity contribution < 1.29 is 17.9 Å². The first-order valence-corrected chi connectivity index (χ1v) is 7.50.